The Hall–Kier alpha value is -2.12. The number of morpholine rings is 1. The Bertz CT molecular complexity index is 1060. The van der Waals surface area contributed by atoms with E-state index < -0.39 is 0 Å². The molecule has 30 heavy (non-hydrogen) atoms. The molecule has 156 valence electrons. The van der Waals surface area contributed by atoms with Crippen LogP contribution in [0, 0.1) is 0 Å². The van der Waals surface area contributed by atoms with Crippen LogP contribution in [0.4, 0.5) is 10.8 Å². The van der Waals surface area contributed by atoms with Crippen LogP contribution in [-0.4, -0.2) is 36.2 Å². The molecule has 1 saturated heterocycles. The summed E-state index contributed by atoms with van der Waals surface area (Å²) in [7, 11) is 0. The van der Waals surface area contributed by atoms with Crippen LogP contribution < -0.4 is 10.2 Å². The summed E-state index contributed by atoms with van der Waals surface area (Å²) in [6.07, 6.45) is 0.363. The van der Waals surface area contributed by atoms with E-state index >= 15 is 0 Å². The Morgan fingerprint density at radius 3 is 2.63 bits per heavy atom. The molecular formula is C22H21Cl2N3O2S. The number of nitrogens with zero attached hydrogens (tertiary/aromatic N) is 2. The molecule has 3 aromatic rings. The largest absolute Gasteiger partial charge is 0.372 e. The fourth-order valence-electron chi connectivity index (χ4n) is 3.47. The van der Waals surface area contributed by atoms with E-state index in [1.54, 1.807) is 29.5 Å². The second kappa shape index (κ2) is 8.94. The van der Waals surface area contributed by atoms with Crippen LogP contribution in [0.3, 0.4) is 0 Å². The average molecular weight is 462 g/mol. The van der Waals surface area contributed by atoms with Crippen molar-refractivity contribution in [1.82, 2.24) is 4.98 Å². The van der Waals surface area contributed by atoms with Crippen molar-refractivity contribution in [3.05, 3.63) is 63.5 Å². The summed E-state index contributed by atoms with van der Waals surface area (Å²) in [5.74, 6) is -0.249. The summed E-state index contributed by atoms with van der Waals surface area (Å²) in [6.45, 7) is 5.82. The number of anilines is 2. The quantitative estimate of drug-likeness (QED) is 0.518. The molecule has 2 unspecified atom stereocenters. The molecule has 1 fully saturated rings. The molecule has 1 aromatic heterocycles. The van der Waals surface area contributed by atoms with Gasteiger partial charge in [0.1, 0.15) is 0 Å². The fraction of sp³-hybridized carbons (Fsp3) is 0.273. The van der Waals surface area contributed by atoms with E-state index in [-0.39, 0.29) is 18.1 Å². The number of carbonyl (C=O) groups is 1. The predicted molar refractivity (Wildman–Crippen MR) is 124 cm³/mol. The van der Waals surface area contributed by atoms with E-state index in [9.17, 15) is 4.79 Å². The van der Waals surface area contributed by atoms with Gasteiger partial charge in [0.25, 0.3) is 5.91 Å². The van der Waals surface area contributed by atoms with E-state index in [1.807, 2.05) is 29.6 Å². The lowest BCUT2D eigenvalue weighted by atomic mass is 10.1. The van der Waals surface area contributed by atoms with Gasteiger partial charge in [-0.1, -0.05) is 35.3 Å². The summed E-state index contributed by atoms with van der Waals surface area (Å²) in [5.41, 5.74) is 2.96. The Morgan fingerprint density at radius 2 is 1.90 bits per heavy atom. The van der Waals surface area contributed by atoms with Gasteiger partial charge in [-0.25, -0.2) is 4.98 Å². The van der Waals surface area contributed by atoms with Gasteiger partial charge in [-0.3, -0.25) is 4.79 Å². The Kier molecular flexibility index (Phi) is 6.29. The molecule has 2 atom stereocenters. The zero-order valence-corrected chi connectivity index (χ0v) is 18.9. The fourth-order valence-corrected chi connectivity index (χ4v) is 4.63. The number of benzene rings is 2. The van der Waals surface area contributed by atoms with Gasteiger partial charge in [-0.15, -0.1) is 11.3 Å². The lowest BCUT2D eigenvalue weighted by molar-refractivity contribution is -0.00522. The molecule has 2 heterocycles. The SMILES string of the molecule is CC1CN(c2nc(-c3cccc(NC(=O)c4ccc(Cl)c(Cl)c4)c3)cs2)CC(C)O1. The smallest absolute Gasteiger partial charge is 0.255 e. The van der Waals surface area contributed by atoms with Gasteiger partial charge >= 0.3 is 0 Å². The minimum absolute atomic E-state index is 0.181. The minimum atomic E-state index is -0.249. The molecule has 5 nitrogen and oxygen atoms in total. The number of amides is 1. The van der Waals surface area contributed by atoms with E-state index in [1.165, 1.54) is 0 Å². The molecule has 4 rings (SSSR count). The molecule has 0 radical (unpaired) electrons. The molecule has 8 heteroatoms. The highest BCUT2D eigenvalue weighted by Gasteiger charge is 2.24. The molecule has 0 spiro atoms. The highest BCUT2D eigenvalue weighted by molar-refractivity contribution is 7.14. The van der Waals surface area contributed by atoms with E-state index in [4.69, 9.17) is 32.9 Å². The highest BCUT2D eigenvalue weighted by Crippen LogP contribution is 2.31. The first-order valence-electron chi connectivity index (χ1n) is 9.62. The third-order valence-corrected chi connectivity index (χ3v) is 6.42. The third-order valence-electron chi connectivity index (χ3n) is 4.78. The first kappa shape index (κ1) is 21.1. The predicted octanol–water partition coefficient (Wildman–Crippen LogP) is 5.98. The summed E-state index contributed by atoms with van der Waals surface area (Å²) < 4.78 is 5.81. The Morgan fingerprint density at radius 1 is 1.13 bits per heavy atom. The zero-order chi connectivity index (χ0) is 21.3. The molecule has 2 aromatic carbocycles. The number of nitrogens with one attached hydrogen (secondary N) is 1. The van der Waals surface area contributed by atoms with Crippen molar-refractivity contribution < 1.29 is 9.53 Å². The van der Waals surface area contributed by atoms with Gasteiger partial charge in [0.2, 0.25) is 0 Å². The van der Waals surface area contributed by atoms with Crippen LogP contribution in [0.1, 0.15) is 24.2 Å². The van der Waals surface area contributed by atoms with E-state index in [0.29, 0.717) is 21.3 Å². The van der Waals surface area contributed by atoms with Crippen LogP contribution in [0.5, 0.6) is 0 Å². The average Bonchev–Trinajstić information content (AvgIpc) is 3.20. The van der Waals surface area contributed by atoms with E-state index in [0.717, 1.165) is 29.5 Å². The van der Waals surface area contributed by atoms with Crippen molar-refractivity contribution in [3.8, 4) is 11.3 Å². The van der Waals surface area contributed by atoms with Crippen molar-refractivity contribution in [3.63, 3.8) is 0 Å². The van der Waals surface area contributed by atoms with Crippen molar-refractivity contribution in [2.24, 2.45) is 0 Å². The molecule has 0 saturated carbocycles. The maximum absolute atomic E-state index is 12.6. The number of thiazole rings is 1. The number of aromatic nitrogens is 1. The lowest BCUT2D eigenvalue weighted by Gasteiger charge is -2.35. The summed E-state index contributed by atoms with van der Waals surface area (Å²) in [5, 5.41) is 6.69. The third kappa shape index (κ3) is 4.78. The van der Waals surface area contributed by atoms with Crippen molar-refractivity contribution in [2.45, 2.75) is 26.1 Å². The molecule has 1 amide bonds. The number of ether oxygens (including phenoxy) is 1. The van der Waals surface area contributed by atoms with Crippen LogP contribution >= 0.6 is 34.5 Å². The number of hydrogen-bond acceptors (Lipinski definition) is 5. The number of rotatable bonds is 4. The maximum Gasteiger partial charge on any atom is 0.255 e. The van der Waals surface area contributed by atoms with Gasteiger partial charge in [0.05, 0.1) is 27.9 Å². The standard InChI is InChI=1S/C22H21Cl2N3O2S/c1-13-10-27(11-14(2)29-13)22-26-20(12-30-22)15-4-3-5-17(8-15)25-21(28)16-6-7-18(23)19(24)9-16/h3-9,12-14H,10-11H2,1-2H3,(H,25,28). The molecular weight excluding hydrogens is 441 g/mol. The lowest BCUT2D eigenvalue weighted by Crippen LogP contribution is -2.45. The van der Waals surface area contributed by atoms with Crippen molar-refractivity contribution >= 4 is 51.3 Å². The summed E-state index contributed by atoms with van der Waals surface area (Å²) >= 11 is 13.6. The van der Waals surface area contributed by atoms with Crippen molar-refractivity contribution in [2.75, 3.05) is 23.3 Å². The number of hydrogen-bond donors (Lipinski definition) is 1. The minimum Gasteiger partial charge on any atom is -0.372 e. The number of carbonyl (C=O) groups excluding carboxylic acids is 1. The van der Waals surface area contributed by atoms with Crippen LogP contribution in [0.25, 0.3) is 11.3 Å². The van der Waals surface area contributed by atoms with Crippen molar-refractivity contribution in [1.29, 1.82) is 0 Å². The highest BCUT2D eigenvalue weighted by atomic mass is 35.5. The first-order chi connectivity index (χ1) is 14.4. The van der Waals surface area contributed by atoms with Crippen LogP contribution in [0.2, 0.25) is 10.0 Å². The van der Waals surface area contributed by atoms with Gasteiger partial charge in [-0.05, 0) is 44.2 Å². The maximum atomic E-state index is 12.6. The van der Waals surface area contributed by atoms with Gasteiger partial charge in [0.15, 0.2) is 5.13 Å². The molecule has 1 N–H and O–H groups in total. The van der Waals surface area contributed by atoms with Crippen LogP contribution in [-0.2, 0) is 4.74 Å². The number of halogens is 2. The summed E-state index contributed by atoms with van der Waals surface area (Å²) in [4.78, 5) is 19.6. The Labute approximate surface area is 189 Å². The monoisotopic (exact) mass is 461 g/mol. The Balaban J connectivity index is 1.50. The molecule has 0 aliphatic carbocycles. The van der Waals surface area contributed by atoms with Gasteiger partial charge in [0, 0.05) is 35.3 Å². The second-order valence-corrected chi connectivity index (χ2v) is 8.99. The van der Waals surface area contributed by atoms with E-state index in [2.05, 4.69) is 24.1 Å². The first-order valence-corrected chi connectivity index (χ1v) is 11.3. The molecule has 0 bridgehead atoms. The normalized spacial score (nSPS) is 19.0. The van der Waals surface area contributed by atoms with Gasteiger partial charge in [-0.2, -0.15) is 0 Å². The van der Waals surface area contributed by atoms with Gasteiger partial charge < -0.3 is 15.0 Å². The molecule has 1 aliphatic heterocycles. The molecule has 1 aliphatic rings. The second-order valence-electron chi connectivity index (χ2n) is 7.34. The summed E-state index contributed by atoms with van der Waals surface area (Å²) in [6, 6.07) is 12.5. The van der Waals surface area contributed by atoms with Crippen LogP contribution in [0.15, 0.2) is 47.8 Å². The zero-order valence-electron chi connectivity index (χ0n) is 16.6. The topological polar surface area (TPSA) is 54.5 Å².